The van der Waals surface area contributed by atoms with E-state index in [1.807, 2.05) is 19.1 Å². The fourth-order valence-electron chi connectivity index (χ4n) is 3.56. The molecule has 5 nitrogen and oxygen atoms in total. The van der Waals surface area contributed by atoms with E-state index >= 15 is 0 Å². The first-order valence-electron chi connectivity index (χ1n) is 9.64. The van der Waals surface area contributed by atoms with Gasteiger partial charge in [0.05, 0.1) is 10.6 Å². The van der Waals surface area contributed by atoms with E-state index in [0.29, 0.717) is 23.5 Å². The highest BCUT2D eigenvalue weighted by Crippen LogP contribution is 2.34. The van der Waals surface area contributed by atoms with Gasteiger partial charge in [0.15, 0.2) is 0 Å². The van der Waals surface area contributed by atoms with Crippen molar-refractivity contribution in [3.05, 3.63) is 87.9 Å². The molecule has 0 aromatic heterocycles. The largest absolute Gasteiger partial charge is 0.322 e. The number of fused-ring (bicyclic) bond motifs is 1. The Morgan fingerprint density at radius 2 is 1.80 bits per heavy atom. The third kappa shape index (κ3) is 4.13. The lowest BCUT2D eigenvalue weighted by Gasteiger charge is -2.31. The van der Waals surface area contributed by atoms with E-state index in [1.54, 1.807) is 54.6 Å². The molecule has 0 saturated heterocycles. The molecule has 0 spiro atoms. The summed E-state index contributed by atoms with van der Waals surface area (Å²) >= 11 is 3.37. The molecule has 0 atom stereocenters. The molecule has 0 fully saturated rings. The number of anilines is 2. The first-order valence-corrected chi connectivity index (χ1v) is 11.9. The van der Waals surface area contributed by atoms with Gasteiger partial charge in [0.25, 0.3) is 15.9 Å². The van der Waals surface area contributed by atoms with Gasteiger partial charge < -0.3 is 5.32 Å². The average Bonchev–Trinajstić information content (AvgIpc) is 2.73. The van der Waals surface area contributed by atoms with Crippen LogP contribution in [0.2, 0.25) is 0 Å². The number of hydrogen-bond donors (Lipinski definition) is 1. The summed E-state index contributed by atoms with van der Waals surface area (Å²) in [7, 11) is -3.64. The van der Waals surface area contributed by atoms with Crippen LogP contribution in [0, 0.1) is 6.92 Å². The summed E-state index contributed by atoms with van der Waals surface area (Å²) in [5, 5.41) is 2.90. The molecule has 1 heterocycles. The van der Waals surface area contributed by atoms with Crippen molar-refractivity contribution in [3.63, 3.8) is 0 Å². The molecule has 154 valence electrons. The number of halogens is 1. The zero-order valence-corrected chi connectivity index (χ0v) is 18.8. The highest BCUT2D eigenvalue weighted by Gasteiger charge is 2.29. The number of sulfonamides is 1. The van der Waals surface area contributed by atoms with Crippen molar-refractivity contribution in [2.24, 2.45) is 0 Å². The first kappa shape index (κ1) is 20.6. The molecule has 3 aromatic rings. The predicted molar refractivity (Wildman–Crippen MR) is 123 cm³/mol. The number of amides is 1. The minimum absolute atomic E-state index is 0.212. The second-order valence-corrected chi connectivity index (χ2v) is 10.1. The van der Waals surface area contributed by atoms with Crippen molar-refractivity contribution in [3.8, 4) is 0 Å². The number of hydrogen-bond acceptors (Lipinski definition) is 3. The zero-order chi connectivity index (χ0) is 21.3. The van der Waals surface area contributed by atoms with E-state index < -0.39 is 10.0 Å². The summed E-state index contributed by atoms with van der Waals surface area (Å²) in [5.41, 5.74) is 3.78. The molecule has 1 aliphatic rings. The van der Waals surface area contributed by atoms with Gasteiger partial charge >= 0.3 is 0 Å². The Bertz CT molecular complexity index is 1210. The smallest absolute Gasteiger partial charge is 0.264 e. The van der Waals surface area contributed by atoms with Crippen LogP contribution in [-0.4, -0.2) is 20.9 Å². The number of carbonyl (C=O) groups excluding carboxylic acids is 1. The normalized spacial score (nSPS) is 13.6. The van der Waals surface area contributed by atoms with Gasteiger partial charge in [0, 0.05) is 22.3 Å². The molecule has 30 heavy (non-hydrogen) atoms. The molecule has 0 radical (unpaired) electrons. The van der Waals surface area contributed by atoms with E-state index in [-0.39, 0.29) is 10.8 Å². The zero-order valence-electron chi connectivity index (χ0n) is 16.4. The lowest BCUT2D eigenvalue weighted by molar-refractivity contribution is 0.102. The van der Waals surface area contributed by atoms with Gasteiger partial charge in [-0.3, -0.25) is 9.10 Å². The number of nitrogens with one attached hydrogen (secondary N) is 1. The van der Waals surface area contributed by atoms with Gasteiger partial charge in [-0.25, -0.2) is 8.42 Å². The van der Waals surface area contributed by atoms with Gasteiger partial charge in [-0.05, 0) is 73.9 Å². The topological polar surface area (TPSA) is 66.5 Å². The van der Waals surface area contributed by atoms with E-state index in [0.717, 1.165) is 28.4 Å². The van der Waals surface area contributed by atoms with Crippen LogP contribution in [0.4, 0.5) is 11.4 Å². The van der Waals surface area contributed by atoms with Crippen LogP contribution in [-0.2, 0) is 16.4 Å². The Morgan fingerprint density at radius 3 is 2.53 bits per heavy atom. The number of aryl methyl sites for hydroxylation is 2. The Morgan fingerprint density at radius 1 is 1.03 bits per heavy atom. The fraction of sp³-hybridized carbons (Fsp3) is 0.174. The lowest BCUT2D eigenvalue weighted by atomic mass is 10.0. The van der Waals surface area contributed by atoms with Crippen LogP contribution >= 0.6 is 15.9 Å². The third-order valence-corrected chi connectivity index (χ3v) is 7.43. The number of nitrogens with zero attached hydrogens (tertiary/aromatic N) is 1. The number of carbonyl (C=O) groups is 1. The summed E-state index contributed by atoms with van der Waals surface area (Å²) < 4.78 is 28.7. The van der Waals surface area contributed by atoms with Crippen LogP contribution in [0.1, 0.15) is 27.9 Å². The maximum Gasteiger partial charge on any atom is 0.264 e. The summed E-state index contributed by atoms with van der Waals surface area (Å²) in [6, 6.07) is 19.4. The van der Waals surface area contributed by atoms with E-state index in [1.165, 1.54) is 4.31 Å². The van der Waals surface area contributed by atoms with Gasteiger partial charge in [0.2, 0.25) is 0 Å². The maximum atomic E-state index is 13.2. The Balaban J connectivity index is 1.61. The first-order chi connectivity index (χ1) is 14.3. The van der Waals surface area contributed by atoms with Crippen molar-refractivity contribution in [1.82, 2.24) is 0 Å². The summed E-state index contributed by atoms with van der Waals surface area (Å²) in [4.78, 5) is 12.8. The molecule has 3 aromatic carbocycles. The molecule has 1 amide bonds. The summed E-state index contributed by atoms with van der Waals surface area (Å²) in [5.74, 6) is -0.212. The molecule has 0 saturated carbocycles. The fourth-order valence-corrected chi connectivity index (χ4v) is 5.50. The van der Waals surface area contributed by atoms with Gasteiger partial charge in [-0.15, -0.1) is 0 Å². The van der Waals surface area contributed by atoms with Gasteiger partial charge in [-0.2, -0.15) is 0 Å². The summed E-state index contributed by atoms with van der Waals surface area (Å²) in [6.07, 6.45) is 1.48. The molecule has 1 N–H and O–H groups in total. The van der Waals surface area contributed by atoms with Crippen molar-refractivity contribution in [1.29, 1.82) is 0 Å². The predicted octanol–water partition coefficient (Wildman–Crippen LogP) is 5.15. The highest BCUT2D eigenvalue weighted by molar-refractivity contribution is 9.10. The average molecular weight is 485 g/mol. The molecule has 7 heteroatoms. The van der Waals surface area contributed by atoms with Crippen molar-refractivity contribution < 1.29 is 13.2 Å². The van der Waals surface area contributed by atoms with E-state index in [9.17, 15) is 13.2 Å². The Hall–Kier alpha value is -2.64. The van der Waals surface area contributed by atoms with Gasteiger partial charge in [-0.1, -0.05) is 39.7 Å². The highest BCUT2D eigenvalue weighted by atomic mass is 79.9. The summed E-state index contributed by atoms with van der Waals surface area (Å²) in [6.45, 7) is 2.36. The minimum Gasteiger partial charge on any atom is -0.322 e. The monoisotopic (exact) mass is 484 g/mol. The minimum atomic E-state index is -3.64. The Kier molecular flexibility index (Phi) is 5.66. The molecule has 1 aliphatic heterocycles. The molecule has 0 bridgehead atoms. The van der Waals surface area contributed by atoms with E-state index in [2.05, 4.69) is 21.2 Å². The van der Waals surface area contributed by atoms with Crippen molar-refractivity contribution >= 4 is 43.2 Å². The molecule has 0 unspecified atom stereocenters. The van der Waals surface area contributed by atoms with Crippen LogP contribution in [0.3, 0.4) is 0 Å². The van der Waals surface area contributed by atoms with Gasteiger partial charge in [0.1, 0.15) is 0 Å². The van der Waals surface area contributed by atoms with E-state index in [4.69, 9.17) is 0 Å². The standard InChI is InChI=1S/C23H21BrN2O3S/c1-16-7-10-21(11-8-16)30(28,29)26-13-3-5-17-15-20(9-12-22(17)26)25-23(27)18-4-2-6-19(24)14-18/h2,4,6-12,14-15H,3,5,13H2,1H3,(H,25,27). The van der Waals surface area contributed by atoms with Crippen molar-refractivity contribution in [2.75, 3.05) is 16.2 Å². The SMILES string of the molecule is Cc1ccc(S(=O)(=O)N2CCCc3cc(NC(=O)c4cccc(Br)c4)ccc32)cc1. The lowest BCUT2D eigenvalue weighted by Crippen LogP contribution is -2.35. The quantitative estimate of drug-likeness (QED) is 0.556. The van der Waals surface area contributed by atoms with Crippen LogP contribution in [0.15, 0.2) is 76.1 Å². The second kappa shape index (κ2) is 8.24. The molecule has 4 rings (SSSR count). The molecular weight excluding hydrogens is 464 g/mol. The Labute approximate surface area is 184 Å². The second-order valence-electron chi connectivity index (χ2n) is 7.30. The molecular formula is C23H21BrN2O3S. The van der Waals surface area contributed by atoms with Crippen LogP contribution < -0.4 is 9.62 Å². The third-order valence-electron chi connectivity index (χ3n) is 5.11. The molecule has 0 aliphatic carbocycles. The number of rotatable bonds is 4. The number of benzene rings is 3. The maximum absolute atomic E-state index is 13.2. The van der Waals surface area contributed by atoms with Crippen LogP contribution in [0.25, 0.3) is 0 Å². The van der Waals surface area contributed by atoms with Crippen molar-refractivity contribution in [2.45, 2.75) is 24.7 Å². The van der Waals surface area contributed by atoms with Crippen LogP contribution in [0.5, 0.6) is 0 Å².